The molecule has 1 heterocycles. The second kappa shape index (κ2) is 8.21. The number of Topliss-reactive ketones (excluding diaryl/α,β-unsaturated/α-hetero) is 1. The summed E-state index contributed by atoms with van der Waals surface area (Å²) in [4.78, 5) is 28.9. The van der Waals surface area contributed by atoms with Gasteiger partial charge in [-0.25, -0.2) is 4.39 Å². The minimum absolute atomic E-state index is 0.0114. The molecule has 1 aliphatic heterocycles. The number of nitrogens with zero attached hydrogens (tertiary/aromatic N) is 2. The first-order valence-electron chi connectivity index (χ1n) is 8.63. The average molecular weight is 355 g/mol. The van der Waals surface area contributed by atoms with Crippen LogP contribution in [0, 0.1) is 5.82 Å². The number of piperazine rings is 1. The number of hydrogen-bond donors (Lipinski definition) is 1. The minimum Gasteiger partial charge on any atom is -0.322 e. The van der Waals surface area contributed by atoms with Gasteiger partial charge in [0, 0.05) is 37.4 Å². The molecule has 0 saturated carbocycles. The zero-order chi connectivity index (χ0) is 18.5. The molecule has 0 aliphatic carbocycles. The second-order valence-electron chi connectivity index (χ2n) is 6.51. The number of hydrogen-bond acceptors (Lipinski definition) is 4. The van der Waals surface area contributed by atoms with Crippen LogP contribution in [-0.4, -0.2) is 61.3 Å². The number of likely N-dealkylation sites (N-methyl/N-ethyl adjacent to an activating group) is 1. The maximum absolute atomic E-state index is 13.6. The van der Waals surface area contributed by atoms with E-state index >= 15 is 0 Å². The van der Waals surface area contributed by atoms with Gasteiger partial charge in [-0.3, -0.25) is 14.5 Å². The fourth-order valence-corrected chi connectivity index (χ4v) is 2.88. The minimum atomic E-state index is -0.566. The van der Waals surface area contributed by atoms with Gasteiger partial charge in [0.25, 0.3) is 5.91 Å². The Hall–Kier alpha value is -2.57. The van der Waals surface area contributed by atoms with E-state index < -0.39 is 11.7 Å². The highest BCUT2D eigenvalue weighted by molar-refractivity contribution is 6.05. The number of anilines is 1. The Balaban J connectivity index is 1.58. The van der Waals surface area contributed by atoms with Crippen LogP contribution in [0.2, 0.25) is 0 Å². The van der Waals surface area contributed by atoms with Crippen molar-refractivity contribution in [2.24, 2.45) is 0 Å². The molecule has 0 aromatic heterocycles. The van der Waals surface area contributed by atoms with Crippen LogP contribution < -0.4 is 5.32 Å². The van der Waals surface area contributed by atoms with Crippen LogP contribution in [0.1, 0.15) is 20.7 Å². The summed E-state index contributed by atoms with van der Waals surface area (Å²) in [6.07, 6.45) is 0. The van der Waals surface area contributed by atoms with E-state index in [1.165, 1.54) is 18.2 Å². The van der Waals surface area contributed by atoms with Gasteiger partial charge >= 0.3 is 0 Å². The van der Waals surface area contributed by atoms with Crippen LogP contribution in [0.25, 0.3) is 0 Å². The van der Waals surface area contributed by atoms with Crippen LogP contribution in [0.5, 0.6) is 0 Å². The normalized spacial score (nSPS) is 15.6. The summed E-state index contributed by atoms with van der Waals surface area (Å²) in [5, 5.41) is 2.65. The molecule has 136 valence electrons. The SMILES string of the molecule is CN1CCN(CC(=O)c2ccc(NC(=O)c3ccccc3F)cc2)CC1. The molecular weight excluding hydrogens is 333 g/mol. The molecule has 2 aromatic rings. The van der Waals surface area contributed by atoms with E-state index in [1.807, 2.05) is 0 Å². The van der Waals surface area contributed by atoms with Crippen LogP contribution >= 0.6 is 0 Å². The number of benzene rings is 2. The van der Waals surface area contributed by atoms with Gasteiger partial charge in [0.15, 0.2) is 5.78 Å². The van der Waals surface area contributed by atoms with Gasteiger partial charge in [-0.15, -0.1) is 0 Å². The number of amides is 1. The fourth-order valence-electron chi connectivity index (χ4n) is 2.88. The van der Waals surface area contributed by atoms with Crippen molar-refractivity contribution in [3.05, 3.63) is 65.5 Å². The van der Waals surface area contributed by atoms with E-state index in [4.69, 9.17) is 0 Å². The quantitative estimate of drug-likeness (QED) is 0.838. The third kappa shape index (κ3) is 4.53. The van der Waals surface area contributed by atoms with Crippen molar-refractivity contribution in [2.75, 3.05) is 45.1 Å². The van der Waals surface area contributed by atoms with Crippen molar-refractivity contribution >= 4 is 17.4 Å². The van der Waals surface area contributed by atoms with Crippen molar-refractivity contribution in [3.8, 4) is 0 Å². The highest BCUT2D eigenvalue weighted by Crippen LogP contribution is 2.14. The zero-order valence-electron chi connectivity index (χ0n) is 14.7. The molecule has 6 heteroatoms. The molecule has 3 rings (SSSR count). The largest absolute Gasteiger partial charge is 0.322 e. The average Bonchev–Trinajstić information content (AvgIpc) is 2.64. The Kier molecular flexibility index (Phi) is 5.75. The van der Waals surface area contributed by atoms with E-state index in [2.05, 4.69) is 22.2 Å². The molecular formula is C20H22FN3O2. The molecule has 0 radical (unpaired) electrons. The first-order valence-corrected chi connectivity index (χ1v) is 8.63. The lowest BCUT2D eigenvalue weighted by Gasteiger charge is -2.31. The number of ketones is 1. The molecule has 26 heavy (non-hydrogen) atoms. The maximum Gasteiger partial charge on any atom is 0.258 e. The summed E-state index contributed by atoms with van der Waals surface area (Å²) in [5.74, 6) is -1.02. The van der Waals surface area contributed by atoms with E-state index in [-0.39, 0.29) is 11.3 Å². The molecule has 1 N–H and O–H groups in total. The number of rotatable bonds is 5. The number of carbonyl (C=O) groups excluding carboxylic acids is 2. The molecule has 0 spiro atoms. The van der Waals surface area contributed by atoms with Gasteiger partial charge in [-0.05, 0) is 43.4 Å². The lowest BCUT2D eigenvalue weighted by Crippen LogP contribution is -2.46. The molecule has 1 saturated heterocycles. The topological polar surface area (TPSA) is 52.6 Å². The Morgan fingerprint density at radius 1 is 1.00 bits per heavy atom. The van der Waals surface area contributed by atoms with Gasteiger partial charge in [-0.2, -0.15) is 0 Å². The molecule has 1 fully saturated rings. The van der Waals surface area contributed by atoms with Crippen LogP contribution in [-0.2, 0) is 0 Å². The van der Waals surface area contributed by atoms with Gasteiger partial charge < -0.3 is 10.2 Å². The van der Waals surface area contributed by atoms with Crippen molar-refractivity contribution in [3.63, 3.8) is 0 Å². The van der Waals surface area contributed by atoms with Crippen molar-refractivity contribution in [1.82, 2.24) is 9.80 Å². The molecule has 0 bridgehead atoms. The van der Waals surface area contributed by atoms with Gasteiger partial charge in [-0.1, -0.05) is 12.1 Å². The number of carbonyl (C=O) groups is 2. The van der Waals surface area contributed by atoms with Crippen LogP contribution in [0.3, 0.4) is 0 Å². The first-order chi connectivity index (χ1) is 12.5. The predicted octanol–water partition coefficient (Wildman–Crippen LogP) is 2.51. The molecule has 0 atom stereocenters. The summed E-state index contributed by atoms with van der Waals surface area (Å²) in [5.41, 5.74) is 1.12. The molecule has 2 aromatic carbocycles. The Labute approximate surface area is 152 Å². The lowest BCUT2D eigenvalue weighted by molar-refractivity contribution is 0.0876. The van der Waals surface area contributed by atoms with E-state index in [0.29, 0.717) is 17.8 Å². The van der Waals surface area contributed by atoms with Crippen molar-refractivity contribution < 1.29 is 14.0 Å². The third-order valence-corrected chi connectivity index (χ3v) is 4.55. The number of nitrogens with one attached hydrogen (secondary N) is 1. The van der Waals surface area contributed by atoms with Gasteiger partial charge in [0.2, 0.25) is 0 Å². The summed E-state index contributed by atoms with van der Waals surface area (Å²) < 4.78 is 13.6. The van der Waals surface area contributed by atoms with Crippen LogP contribution in [0.4, 0.5) is 10.1 Å². The standard InChI is InChI=1S/C20H22FN3O2/c1-23-10-12-24(13-11-23)14-19(25)15-6-8-16(9-7-15)22-20(26)17-4-2-3-5-18(17)21/h2-9H,10-14H2,1H3,(H,22,26). The number of halogens is 1. The molecule has 1 amide bonds. The molecule has 5 nitrogen and oxygen atoms in total. The summed E-state index contributed by atoms with van der Waals surface area (Å²) in [6, 6.07) is 12.5. The van der Waals surface area contributed by atoms with E-state index in [0.717, 1.165) is 26.2 Å². The molecule has 0 unspecified atom stereocenters. The van der Waals surface area contributed by atoms with Crippen LogP contribution in [0.15, 0.2) is 48.5 Å². The monoisotopic (exact) mass is 355 g/mol. The summed E-state index contributed by atoms with van der Waals surface area (Å²) >= 11 is 0. The highest BCUT2D eigenvalue weighted by Gasteiger charge is 2.17. The highest BCUT2D eigenvalue weighted by atomic mass is 19.1. The summed E-state index contributed by atoms with van der Waals surface area (Å²) in [7, 11) is 2.08. The fraction of sp³-hybridized carbons (Fsp3) is 0.300. The van der Waals surface area contributed by atoms with E-state index in [9.17, 15) is 14.0 Å². The van der Waals surface area contributed by atoms with Crippen molar-refractivity contribution in [2.45, 2.75) is 0 Å². The van der Waals surface area contributed by atoms with E-state index in [1.54, 1.807) is 30.3 Å². The molecule has 1 aliphatic rings. The smallest absolute Gasteiger partial charge is 0.258 e. The lowest BCUT2D eigenvalue weighted by atomic mass is 10.1. The Morgan fingerprint density at radius 3 is 2.31 bits per heavy atom. The first kappa shape index (κ1) is 18.2. The third-order valence-electron chi connectivity index (χ3n) is 4.55. The summed E-state index contributed by atoms with van der Waals surface area (Å²) in [6.45, 7) is 4.11. The maximum atomic E-state index is 13.6. The predicted molar refractivity (Wildman–Crippen MR) is 99.1 cm³/mol. The second-order valence-corrected chi connectivity index (χ2v) is 6.51. The van der Waals surface area contributed by atoms with Gasteiger partial charge in [0.1, 0.15) is 5.82 Å². The Bertz CT molecular complexity index is 784. The van der Waals surface area contributed by atoms with Gasteiger partial charge in [0.05, 0.1) is 12.1 Å². The zero-order valence-corrected chi connectivity index (χ0v) is 14.7. The van der Waals surface area contributed by atoms with Crippen molar-refractivity contribution in [1.29, 1.82) is 0 Å². The Morgan fingerprint density at radius 2 is 1.65 bits per heavy atom.